The van der Waals surface area contributed by atoms with Crippen LogP contribution in [0.5, 0.6) is 5.75 Å². The molecular weight excluding hydrogens is 236 g/mol. The quantitative estimate of drug-likeness (QED) is 0.836. The molecule has 1 saturated carbocycles. The number of benzene rings is 1. The van der Waals surface area contributed by atoms with Crippen LogP contribution in [-0.4, -0.2) is 13.7 Å². The summed E-state index contributed by atoms with van der Waals surface area (Å²) in [4.78, 5) is 0. The number of alkyl halides is 2. The minimum atomic E-state index is -2.77. The van der Waals surface area contributed by atoms with Gasteiger partial charge >= 0.3 is 6.61 Å². The molecule has 1 aliphatic carbocycles. The number of hydrogen-bond acceptors (Lipinski definition) is 2. The van der Waals surface area contributed by atoms with Gasteiger partial charge in [0.15, 0.2) is 0 Å². The molecule has 0 radical (unpaired) electrons. The van der Waals surface area contributed by atoms with E-state index in [-0.39, 0.29) is 11.8 Å². The predicted molar refractivity (Wildman–Crippen MR) is 66.8 cm³/mol. The Morgan fingerprint density at radius 2 is 2.06 bits per heavy atom. The van der Waals surface area contributed by atoms with Crippen LogP contribution in [0, 0.1) is 5.92 Å². The van der Waals surface area contributed by atoms with Crippen molar-refractivity contribution in [2.75, 3.05) is 7.05 Å². The zero-order chi connectivity index (χ0) is 13.0. The molecule has 0 bridgehead atoms. The Morgan fingerprint density at radius 1 is 1.33 bits per heavy atom. The molecule has 18 heavy (non-hydrogen) atoms. The highest BCUT2D eigenvalue weighted by atomic mass is 19.3. The Labute approximate surface area is 106 Å². The van der Waals surface area contributed by atoms with Gasteiger partial charge in [-0.1, -0.05) is 37.5 Å². The second-order valence-electron chi connectivity index (χ2n) is 4.79. The Kier molecular flexibility index (Phi) is 4.53. The topological polar surface area (TPSA) is 21.3 Å². The number of rotatable bonds is 6. The summed E-state index contributed by atoms with van der Waals surface area (Å²) in [5.41, 5.74) is 0.826. The van der Waals surface area contributed by atoms with Crippen LogP contribution in [-0.2, 0) is 0 Å². The van der Waals surface area contributed by atoms with Gasteiger partial charge in [0.1, 0.15) is 5.75 Å². The molecule has 2 nitrogen and oxygen atoms in total. The van der Waals surface area contributed by atoms with Crippen molar-refractivity contribution in [2.24, 2.45) is 5.92 Å². The highest BCUT2D eigenvalue weighted by molar-refractivity contribution is 5.36. The third-order valence-electron chi connectivity index (χ3n) is 3.65. The monoisotopic (exact) mass is 255 g/mol. The van der Waals surface area contributed by atoms with Crippen molar-refractivity contribution in [1.29, 1.82) is 0 Å². The van der Waals surface area contributed by atoms with Crippen LogP contribution in [0.1, 0.15) is 37.3 Å². The smallest absolute Gasteiger partial charge is 0.387 e. The second kappa shape index (κ2) is 6.14. The molecular formula is C14H19F2NO. The zero-order valence-electron chi connectivity index (χ0n) is 10.5. The molecule has 1 fully saturated rings. The summed E-state index contributed by atoms with van der Waals surface area (Å²) in [5.74, 6) is 0.994. The summed E-state index contributed by atoms with van der Waals surface area (Å²) in [6.45, 7) is -2.77. The summed E-state index contributed by atoms with van der Waals surface area (Å²) >= 11 is 0. The second-order valence-corrected chi connectivity index (χ2v) is 4.79. The van der Waals surface area contributed by atoms with E-state index in [0.717, 1.165) is 12.0 Å². The summed E-state index contributed by atoms with van der Waals surface area (Å²) < 4.78 is 29.3. The van der Waals surface area contributed by atoms with E-state index < -0.39 is 6.61 Å². The van der Waals surface area contributed by atoms with Crippen molar-refractivity contribution in [2.45, 2.75) is 38.3 Å². The van der Waals surface area contributed by atoms with Gasteiger partial charge in [-0.25, -0.2) is 0 Å². The fraction of sp³-hybridized carbons (Fsp3) is 0.571. The number of hydrogen-bond donors (Lipinski definition) is 1. The van der Waals surface area contributed by atoms with E-state index in [1.165, 1.54) is 19.3 Å². The first-order chi connectivity index (χ1) is 8.70. The lowest BCUT2D eigenvalue weighted by Crippen LogP contribution is -2.24. The molecule has 1 aromatic rings. The molecule has 2 rings (SSSR count). The van der Waals surface area contributed by atoms with E-state index in [1.807, 2.05) is 19.2 Å². The normalized spacial score (nSPS) is 17.6. The van der Waals surface area contributed by atoms with Crippen LogP contribution in [0.15, 0.2) is 24.3 Å². The Morgan fingerprint density at radius 3 is 2.61 bits per heavy atom. The van der Waals surface area contributed by atoms with Crippen molar-refractivity contribution in [3.8, 4) is 5.75 Å². The third kappa shape index (κ3) is 3.19. The maximum absolute atomic E-state index is 12.4. The van der Waals surface area contributed by atoms with Gasteiger partial charge in [0.25, 0.3) is 0 Å². The highest BCUT2D eigenvalue weighted by Crippen LogP contribution is 2.37. The molecule has 1 atom stereocenters. The number of nitrogens with one attached hydrogen (secondary N) is 1. The molecule has 1 N–H and O–H groups in total. The van der Waals surface area contributed by atoms with Crippen molar-refractivity contribution < 1.29 is 13.5 Å². The lowest BCUT2D eigenvalue weighted by Gasteiger charge is -2.30. The van der Waals surface area contributed by atoms with Gasteiger partial charge in [0.05, 0.1) is 0 Å². The molecule has 0 heterocycles. The Hall–Kier alpha value is -1.16. The lowest BCUT2D eigenvalue weighted by atomic mass is 9.79. The molecule has 0 amide bonds. The van der Waals surface area contributed by atoms with E-state index in [1.54, 1.807) is 12.1 Å². The van der Waals surface area contributed by atoms with Gasteiger partial charge in [-0.05, 0) is 25.5 Å². The maximum Gasteiger partial charge on any atom is 0.387 e. The maximum atomic E-state index is 12.4. The molecule has 0 spiro atoms. The summed E-state index contributed by atoms with van der Waals surface area (Å²) in [6.07, 6.45) is 4.77. The van der Waals surface area contributed by atoms with Gasteiger partial charge in [0.2, 0.25) is 0 Å². The summed E-state index contributed by atoms with van der Waals surface area (Å²) in [5, 5.41) is 3.21. The van der Waals surface area contributed by atoms with Crippen molar-refractivity contribution in [3.63, 3.8) is 0 Å². The van der Waals surface area contributed by atoms with Gasteiger partial charge < -0.3 is 10.1 Å². The van der Waals surface area contributed by atoms with E-state index in [0.29, 0.717) is 5.92 Å². The Balaban J connectivity index is 2.12. The van der Waals surface area contributed by atoms with Crippen molar-refractivity contribution in [1.82, 2.24) is 5.32 Å². The molecule has 4 heteroatoms. The average molecular weight is 255 g/mol. The Bertz CT molecular complexity index is 380. The molecule has 0 saturated heterocycles. The molecule has 1 unspecified atom stereocenters. The van der Waals surface area contributed by atoms with Crippen LogP contribution >= 0.6 is 0 Å². The van der Waals surface area contributed by atoms with Gasteiger partial charge in [-0.15, -0.1) is 0 Å². The molecule has 1 aliphatic rings. The van der Waals surface area contributed by atoms with E-state index in [4.69, 9.17) is 0 Å². The fourth-order valence-corrected chi connectivity index (χ4v) is 2.43. The predicted octanol–water partition coefficient (Wildman–Crippen LogP) is 3.74. The first-order valence-electron chi connectivity index (χ1n) is 6.41. The number of halogens is 2. The van der Waals surface area contributed by atoms with Crippen LogP contribution in [0.3, 0.4) is 0 Å². The minimum absolute atomic E-state index is 0.0882. The van der Waals surface area contributed by atoms with Gasteiger partial charge in [0, 0.05) is 11.6 Å². The SMILES string of the molecule is CNC(CC1CCC1)c1ccccc1OC(F)F. The van der Waals surface area contributed by atoms with E-state index >= 15 is 0 Å². The largest absolute Gasteiger partial charge is 0.434 e. The molecule has 100 valence electrons. The highest BCUT2D eigenvalue weighted by Gasteiger charge is 2.24. The van der Waals surface area contributed by atoms with Gasteiger partial charge in [-0.3, -0.25) is 0 Å². The van der Waals surface area contributed by atoms with Crippen LogP contribution in [0.2, 0.25) is 0 Å². The van der Waals surface area contributed by atoms with Crippen LogP contribution < -0.4 is 10.1 Å². The van der Waals surface area contributed by atoms with E-state index in [9.17, 15) is 8.78 Å². The number of ether oxygens (including phenoxy) is 1. The van der Waals surface area contributed by atoms with Crippen molar-refractivity contribution in [3.05, 3.63) is 29.8 Å². The summed E-state index contributed by atoms with van der Waals surface area (Å²) in [7, 11) is 1.86. The van der Waals surface area contributed by atoms with Crippen LogP contribution in [0.25, 0.3) is 0 Å². The fourth-order valence-electron chi connectivity index (χ4n) is 2.43. The first-order valence-corrected chi connectivity index (χ1v) is 6.41. The lowest BCUT2D eigenvalue weighted by molar-refractivity contribution is -0.0507. The standard InChI is InChI=1S/C14H19F2NO/c1-17-12(9-10-5-4-6-10)11-7-2-3-8-13(11)18-14(15)16/h2-3,7-8,10,12,14,17H,4-6,9H2,1H3. The third-order valence-corrected chi connectivity index (χ3v) is 3.65. The molecule has 0 aliphatic heterocycles. The molecule has 0 aromatic heterocycles. The average Bonchev–Trinajstić information content (AvgIpc) is 2.29. The van der Waals surface area contributed by atoms with E-state index in [2.05, 4.69) is 10.1 Å². The van der Waals surface area contributed by atoms with Crippen LogP contribution in [0.4, 0.5) is 8.78 Å². The molecule has 1 aromatic carbocycles. The van der Waals surface area contributed by atoms with Crippen molar-refractivity contribution >= 4 is 0 Å². The van der Waals surface area contributed by atoms with Gasteiger partial charge in [-0.2, -0.15) is 8.78 Å². The summed E-state index contributed by atoms with van der Waals surface area (Å²) in [6, 6.07) is 7.13. The number of para-hydroxylation sites is 1. The zero-order valence-corrected chi connectivity index (χ0v) is 10.5. The minimum Gasteiger partial charge on any atom is -0.434 e. The first kappa shape index (κ1) is 13.3.